The van der Waals surface area contributed by atoms with Gasteiger partial charge in [-0.3, -0.25) is 14.4 Å². The molecular weight excluding hydrogens is 352 g/mol. The summed E-state index contributed by atoms with van der Waals surface area (Å²) in [5.41, 5.74) is 3.31. The molecule has 0 aromatic carbocycles. The van der Waals surface area contributed by atoms with E-state index in [0.717, 1.165) is 62.5 Å². The van der Waals surface area contributed by atoms with Crippen molar-refractivity contribution in [1.82, 2.24) is 30.0 Å². The van der Waals surface area contributed by atoms with Crippen LogP contribution < -0.4 is 5.32 Å². The monoisotopic (exact) mass is 382 g/mol. The van der Waals surface area contributed by atoms with Crippen molar-refractivity contribution in [2.45, 2.75) is 71.6 Å². The number of aromatic nitrogens is 4. The predicted molar refractivity (Wildman–Crippen MR) is 106 cm³/mol. The van der Waals surface area contributed by atoms with Crippen LogP contribution in [0.4, 0.5) is 0 Å². The summed E-state index contributed by atoms with van der Waals surface area (Å²) >= 11 is 0. The van der Waals surface area contributed by atoms with Crippen LogP contribution in [0.5, 0.6) is 0 Å². The van der Waals surface area contributed by atoms with E-state index in [4.69, 9.17) is 5.10 Å². The molecule has 0 atom stereocenters. The molecule has 0 unspecified atom stereocenters. The maximum atomic E-state index is 12.1. The van der Waals surface area contributed by atoms with Crippen molar-refractivity contribution in [2.75, 3.05) is 6.54 Å². The topological polar surface area (TPSA) is 75.9 Å². The fraction of sp³-hybridized carbons (Fsp3) is 0.619. The first-order valence-electron chi connectivity index (χ1n) is 10.4. The van der Waals surface area contributed by atoms with Crippen molar-refractivity contribution < 1.29 is 4.79 Å². The Morgan fingerprint density at radius 2 is 2.00 bits per heavy atom. The lowest BCUT2D eigenvalue weighted by Gasteiger charge is -2.23. The third kappa shape index (κ3) is 4.41. The molecule has 150 valence electrons. The number of rotatable bonds is 6. The van der Waals surface area contributed by atoms with Gasteiger partial charge in [-0.05, 0) is 25.3 Å². The van der Waals surface area contributed by atoms with Crippen LogP contribution >= 0.6 is 0 Å². The maximum absolute atomic E-state index is 12.1. The van der Waals surface area contributed by atoms with E-state index >= 15 is 0 Å². The second-order valence-corrected chi connectivity index (χ2v) is 8.36. The number of carbonyl (C=O) groups excluding carboxylic acids is 1. The largest absolute Gasteiger partial charge is 0.350 e. The Balaban J connectivity index is 1.36. The van der Waals surface area contributed by atoms with Crippen molar-refractivity contribution >= 4 is 5.91 Å². The molecule has 1 aliphatic carbocycles. The molecule has 0 bridgehead atoms. The summed E-state index contributed by atoms with van der Waals surface area (Å²) in [6, 6.07) is 2.14. The molecule has 1 aliphatic heterocycles. The summed E-state index contributed by atoms with van der Waals surface area (Å²) in [4.78, 5) is 23.4. The second-order valence-electron chi connectivity index (χ2n) is 8.36. The van der Waals surface area contributed by atoms with Gasteiger partial charge in [0.1, 0.15) is 5.82 Å². The van der Waals surface area contributed by atoms with Crippen molar-refractivity contribution in [3.63, 3.8) is 0 Å². The molecule has 2 aromatic heterocycles. The smallest absolute Gasteiger partial charge is 0.223 e. The normalized spacial score (nSPS) is 17.8. The Morgan fingerprint density at radius 3 is 2.68 bits per heavy atom. The average molecular weight is 383 g/mol. The molecule has 2 aliphatic rings. The fourth-order valence-corrected chi connectivity index (χ4v) is 3.80. The lowest BCUT2D eigenvalue weighted by atomic mass is 9.85. The van der Waals surface area contributed by atoms with Crippen molar-refractivity contribution in [2.24, 2.45) is 5.92 Å². The molecule has 28 heavy (non-hydrogen) atoms. The number of hydrogen-bond donors (Lipinski definition) is 1. The van der Waals surface area contributed by atoms with Crippen LogP contribution in [0.25, 0.3) is 0 Å². The van der Waals surface area contributed by atoms with E-state index < -0.39 is 0 Å². The van der Waals surface area contributed by atoms with E-state index in [-0.39, 0.29) is 11.8 Å². The van der Waals surface area contributed by atoms with Gasteiger partial charge in [-0.1, -0.05) is 20.3 Å². The molecule has 2 aromatic rings. The van der Waals surface area contributed by atoms with Crippen molar-refractivity contribution in [1.29, 1.82) is 0 Å². The van der Waals surface area contributed by atoms with Crippen molar-refractivity contribution in [3.8, 4) is 0 Å². The van der Waals surface area contributed by atoms with E-state index in [1.54, 1.807) is 0 Å². The minimum absolute atomic E-state index is 0.181. The molecule has 1 fully saturated rings. The Hall–Kier alpha value is -2.28. The summed E-state index contributed by atoms with van der Waals surface area (Å²) in [6.07, 6.45) is 8.20. The van der Waals surface area contributed by atoms with Crippen LogP contribution in [0.2, 0.25) is 0 Å². The van der Waals surface area contributed by atoms with Gasteiger partial charge in [0.25, 0.3) is 0 Å². The minimum atomic E-state index is 0.181. The zero-order valence-electron chi connectivity index (χ0n) is 16.9. The molecule has 1 saturated carbocycles. The van der Waals surface area contributed by atoms with Crippen molar-refractivity contribution in [3.05, 3.63) is 41.2 Å². The molecule has 3 heterocycles. The predicted octanol–water partition coefficient (Wildman–Crippen LogP) is 2.62. The van der Waals surface area contributed by atoms with Gasteiger partial charge >= 0.3 is 0 Å². The standard InChI is InChI=1S/C21H30N6O/c1-15(2)20-22-10-16(11-23-20)13-26-7-4-8-27-19(14-26)9-18(25-27)12-24-21(28)17-5-3-6-17/h9-11,15,17H,3-8,12-14H2,1-2H3,(H,24,28). The van der Waals surface area contributed by atoms with Gasteiger partial charge in [0.15, 0.2) is 0 Å². The van der Waals surface area contributed by atoms with Gasteiger partial charge in [-0.2, -0.15) is 5.10 Å². The number of hydrogen-bond acceptors (Lipinski definition) is 5. The lowest BCUT2D eigenvalue weighted by Crippen LogP contribution is -2.34. The van der Waals surface area contributed by atoms with Crippen LogP contribution in [0.3, 0.4) is 0 Å². The van der Waals surface area contributed by atoms with Crippen LogP contribution in [0, 0.1) is 5.92 Å². The van der Waals surface area contributed by atoms with Gasteiger partial charge in [-0.25, -0.2) is 9.97 Å². The molecule has 1 amide bonds. The molecule has 0 radical (unpaired) electrons. The van der Waals surface area contributed by atoms with Gasteiger partial charge in [0.05, 0.1) is 17.9 Å². The van der Waals surface area contributed by atoms with E-state index in [1.165, 1.54) is 12.1 Å². The second kappa shape index (κ2) is 8.39. The Labute approximate surface area is 166 Å². The molecule has 0 spiro atoms. The molecular formula is C21H30N6O. The summed E-state index contributed by atoms with van der Waals surface area (Å²) in [5, 5.41) is 7.76. The first-order chi connectivity index (χ1) is 13.6. The number of nitrogens with one attached hydrogen (secondary N) is 1. The molecule has 1 N–H and O–H groups in total. The third-order valence-electron chi connectivity index (χ3n) is 5.71. The Bertz CT molecular complexity index is 809. The minimum Gasteiger partial charge on any atom is -0.350 e. The highest BCUT2D eigenvalue weighted by atomic mass is 16.1. The van der Waals surface area contributed by atoms with Gasteiger partial charge in [-0.15, -0.1) is 0 Å². The lowest BCUT2D eigenvalue weighted by molar-refractivity contribution is -0.127. The van der Waals surface area contributed by atoms with E-state index in [1.807, 2.05) is 12.4 Å². The van der Waals surface area contributed by atoms with Gasteiger partial charge in [0, 0.05) is 56.0 Å². The number of fused-ring (bicyclic) bond motifs is 1. The highest BCUT2D eigenvalue weighted by Crippen LogP contribution is 2.26. The zero-order valence-corrected chi connectivity index (χ0v) is 16.9. The summed E-state index contributed by atoms with van der Waals surface area (Å²) in [6.45, 7) is 8.40. The van der Waals surface area contributed by atoms with E-state index in [0.29, 0.717) is 12.5 Å². The van der Waals surface area contributed by atoms with Crippen LogP contribution in [0.15, 0.2) is 18.5 Å². The third-order valence-corrected chi connectivity index (χ3v) is 5.71. The Kier molecular flexibility index (Phi) is 5.71. The number of amides is 1. The fourth-order valence-electron chi connectivity index (χ4n) is 3.80. The highest BCUT2D eigenvalue weighted by Gasteiger charge is 2.25. The van der Waals surface area contributed by atoms with E-state index in [2.05, 4.69) is 44.8 Å². The Morgan fingerprint density at radius 1 is 1.21 bits per heavy atom. The average Bonchev–Trinajstić information content (AvgIpc) is 2.91. The molecule has 7 heteroatoms. The first-order valence-corrected chi connectivity index (χ1v) is 10.4. The number of aryl methyl sites for hydroxylation is 1. The number of carbonyl (C=O) groups is 1. The zero-order chi connectivity index (χ0) is 19.5. The van der Waals surface area contributed by atoms with Gasteiger partial charge in [0.2, 0.25) is 5.91 Å². The highest BCUT2D eigenvalue weighted by molar-refractivity contribution is 5.79. The summed E-state index contributed by atoms with van der Waals surface area (Å²) in [7, 11) is 0. The molecule has 0 saturated heterocycles. The van der Waals surface area contributed by atoms with Crippen LogP contribution in [-0.4, -0.2) is 37.1 Å². The maximum Gasteiger partial charge on any atom is 0.223 e. The van der Waals surface area contributed by atoms with Crippen LogP contribution in [0.1, 0.15) is 68.2 Å². The summed E-state index contributed by atoms with van der Waals surface area (Å²) < 4.78 is 2.10. The summed E-state index contributed by atoms with van der Waals surface area (Å²) in [5.74, 6) is 1.65. The first kappa shape index (κ1) is 19.1. The number of nitrogens with zero attached hydrogens (tertiary/aromatic N) is 5. The SMILES string of the molecule is CC(C)c1ncc(CN2CCCn3nc(CNC(=O)C4CCC4)cc3C2)cn1. The quantitative estimate of drug-likeness (QED) is 0.831. The molecule has 7 nitrogen and oxygen atoms in total. The van der Waals surface area contributed by atoms with E-state index in [9.17, 15) is 4.79 Å². The molecule has 4 rings (SSSR count). The van der Waals surface area contributed by atoms with Gasteiger partial charge < -0.3 is 5.32 Å². The van der Waals surface area contributed by atoms with Crippen LogP contribution in [-0.2, 0) is 31.0 Å².